The van der Waals surface area contributed by atoms with Crippen molar-refractivity contribution in [3.05, 3.63) is 34.6 Å². The molecule has 8 nitrogen and oxygen atoms in total. The van der Waals surface area contributed by atoms with Crippen LogP contribution in [0.1, 0.15) is 6.92 Å². The predicted octanol–water partition coefficient (Wildman–Crippen LogP) is 1.89. The first-order valence-corrected chi connectivity index (χ1v) is 5.92. The van der Waals surface area contributed by atoms with Crippen LogP contribution in [-0.2, 0) is 0 Å². The maximum absolute atomic E-state index is 11.1. The molecule has 20 heavy (non-hydrogen) atoms. The Kier molecular flexibility index (Phi) is 4.04. The van der Waals surface area contributed by atoms with Crippen molar-refractivity contribution in [3.63, 3.8) is 0 Å². The summed E-state index contributed by atoms with van der Waals surface area (Å²) in [5.41, 5.74) is 0.213. The van der Waals surface area contributed by atoms with Gasteiger partial charge in [0.05, 0.1) is 12.0 Å². The average Bonchev–Trinajstić information content (AvgIpc) is 2.47. The molecule has 1 N–H and O–H groups in total. The molecule has 0 aliphatic carbocycles. The molecule has 0 saturated carbocycles. The van der Waals surface area contributed by atoms with Gasteiger partial charge < -0.3 is 10.1 Å². The highest BCUT2D eigenvalue weighted by Crippen LogP contribution is 2.32. The predicted molar refractivity (Wildman–Crippen MR) is 72.6 cm³/mol. The normalized spacial score (nSPS) is 10.1. The Morgan fingerprint density at radius 1 is 1.30 bits per heavy atom. The Bertz CT molecular complexity index is 632. The zero-order chi connectivity index (χ0) is 14.5. The van der Waals surface area contributed by atoms with E-state index in [1.165, 1.54) is 25.6 Å². The fraction of sp³-hybridized carbons (Fsp3) is 0.250. The highest BCUT2D eigenvalue weighted by atomic mass is 16.6. The summed E-state index contributed by atoms with van der Waals surface area (Å²) in [6, 6.07) is 2.93. The lowest BCUT2D eigenvalue weighted by Crippen LogP contribution is -2.04. The summed E-state index contributed by atoms with van der Waals surface area (Å²) in [6.45, 7) is 2.56. The van der Waals surface area contributed by atoms with Crippen LogP contribution in [0.15, 0.2) is 24.5 Å². The summed E-state index contributed by atoms with van der Waals surface area (Å²) >= 11 is 0. The second-order valence-corrected chi connectivity index (χ2v) is 3.77. The molecule has 0 unspecified atom stereocenters. The van der Waals surface area contributed by atoms with Gasteiger partial charge in [0.1, 0.15) is 5.82 Å². The van der Waals surface area contributed by atoms with Crippen LogP contribution in [0.3, 0.4) is 0 Å². The van der Waals surface area contributed by atoms with Crippen molar-refractivity contribution in [1.29, 1.82) is 0 Å². The maximum Gasteiger partial charge on any atom is 0.297 e. The third-order valence-electron chi connectivity index (χ3n) is 2.51. The Labute approximate surface area is 115 Å². The molecule has 0 aromatic carbocycles. The first-order valence-electron chi connectivity index (χ1n) is 5.92. The molecule has 2 heterocycles. The molecule has 0 spiro atoms. The largest absolute Gasteiger partial charge is 0.479 e. The minimum Gasteiger partial charge on any atom is -0.479 e. The van der Waals surface area contributed by atoms with E-state index in [1.807, 2.05) is 6.92 Å². The van der Waals surface area contributed by atoms with E-state index in [-0.39, 0.29) is 23.0 Å². The van der Waals surface area contributed by atoms with Crippen LogP contribution in [0.4, 0.5) is 11.5 Å². The lowest BCUT2D eigenvalue weighted by molar-refractivity contribution is -0.384. The summed E-state index contributed by atoms with van der Waals surface area (Å²) in [7, 11) is 1.42. The number of rotatable bonds is 5. The van der Waals surface area contributed by atoms with Crippen LogP contribution in [0.2, 0.25) is 0 Å². The number of aromatic nitrogens is 3. The smallest absolute Gasteiger partial charge is 0.297 e. The van der Waals surface area contributed by atoms with Crippen LogP contribution in [-0.4, -0.2) is 33.5 Å². The first-order chi connectivity index (χ1) is 9.67. The maximum atomic E-state index is 11.1. The number of methoxy groups -OCH3 is 1. The van der Waals surface area contributed by atoms with Crippen LogP contribution in [0.25, 0.3) is 11.4 Å². The van der Waals surface area contributed by atoms with Crippen molar-refractivity contribution in [2.24, 2.45) is 0 Å². The Morgan fingerprint density at radius 2 is 2.05 bits per heavy atom. The van der Waals surface area contributed by atoms with Crippen molar-refractivity contribution in [3.8, 4) is 17.3 Å². The van der Waals surface area contributed by atoms with E-state index in [4.69, 9.17) is 4.74 Å². The fourth-order valence-corrected chi connectivity index (χ4v) is 1.69. The zero-order valence-electron chi connectivity index (χ0n) is 11.0. The number of nitrogens with zero attached hydrogens (tertiary/aromatic N) is 4. The van der Waals surface area contributed by atoms with Gasteiger partial charge in [0.2, 0.25) is 5.88 Å². The molecule has 104 valence electrons. The van der Waals surface area contributed by atoms with E-state index >= 15 is 0 Å². The number of anilines is 1. The third-order valence-corrected chi connectivity index (χ3v) is 2.51. The Balaban J connectivity index is 2.62. The van der Waals surface area contributed by atoms with Gasteiger partial charge in [-0.15, -0.1) is 0 Å². The SMILES string of the molecule is CCNc1ccc([N+](=O)[O-])c(-c2nccnc2OC)n1. The topological polar surface area (TPSA) is 103 Å². The molecule has 2 rings (SSSR count). The second kappa shape index (κ2) is 5.91. The van der Waals surface area contributed by atoms with Crippen molar-refractivity contribution < 1.29 is 9.66 Å². The van der Waals surface area contributed by atoms with Gasteiger partial charge in [-0.25, -0.2) is 15.0 Å². The number of nitrogens with one attached hydrogen (secondary N) is 1. The van der Waals surface area contributed by atoms with Gasteiger partial charge in [0, 0.05) is 25.0 Å². The average molecular weight is 275 g/mol. The molecule has 2 aromatic rings. The highest BCUT2D eigenvalue weighted by molar-refractivity contribution is 5.71. The van der Waals surface area contributed by atoms with Crippen molar-refractivity contribution in [1.82, 2.24) is 15.0 Å². The molecule has 0 atom stereocenters. The molecular weight excluding hydrogens is 262 g/mol. The minimum atomic E-state index is -0.508. The molecule has 8 heteroatoms. The van der Waals surface area contributed by atoms with E-state index in [2.05, 4.69) is 20.3 Å². The minimum absolute atomic E-state index is 0.124. The van der Waals surface area contributed by atoms with Gasteiger partial charge in [-0.1, -0.05) is 0 Å². The second-order valence-electron chi connectivity index (χ2n) is 3.77. The number of hydrogen-bond donors (Lipinski definition) is 1. The number of nitro groups is 1. The molecule has 0 bridgehead atoms. The third kappa shape index (κ3) is 2.63. The number of pyridine rings is 1. The van der Waals surface area contributed by atoms with Gasteiger partial charge in [0.15, 0.2) is 11.4 Å². The van der Waals surface area contributed by atoms with E-state index in [9.17, 15) is 10.1 Å². The van der Waals surface area contributed by atoms with Crippen LogP contribution in [0.5, 0.6) is 5.88 Å². The van der Waals surface area contributed by atoms with E-state index in [1.54, 1.807) is 6.07 Å². The number of ether oxygens (including phenoxy) is 1. The monoisotopic (exact) mass is 275 g/mol. The molecule has 0 aliphatic rings. The highest BCUT2D eigenvalue weighted by Gasteiger charge is 2.22. The van der Waals surface area contributed by atoms with Crippen molar-refractivity contribution in [2.45, 2.75) is 6.92 Å². The van der Waals surface area contributed by atoms with Crippen LogP contribution < -0.4 is 10.1 Å². The van der Waals surface area contributed by atoms with Crippen LogP contribution in [0, 0.1) is 10.1 Å². The summed E-state index contributed by atoms with van der Waals surface area (Å²) in [6.07, 6.45) is 2.88. The van der Waals surface area contributed by atoms with E-state index in [0.717, 1.165) is 0 Å². The van der Waals surface area contributed by atoms with Gasteiger partial charge >= 0.3 is 0 Å². The van der Waals surface area contributed by atoms with Gasteiger partial charge in [-0.05, 0) is 13.0 Å². The van der Waals surface area contributed by atoms with E-state index in [0.29, 0.717) is 12.4 Å². The standard InChI is InChI=1S/C12H13N5O3/c1-3-13-9-5-4-8(17(18)19)10(16-9)11-12(20-2)15-7-6-14-11/h4-7H,3H2,1-2H3,(H,13,16). The molecule has 0 saturated heterocycles. The lowest BCUT2D eigenvalue weighted by atomic mass is 10.2. The first kappa shape index (κ1) is 13.7. The number of hydrogen-bond acceptors (Lipinski definition) is 7. The molecule has 0 amide bonds. The molecule has 0 radical (unpaired) electrons. The zero-order valence-corrected chi connectivity index (χ0v) is 11.0. The van der Waals surface area contributed by atoms with Crippen LogP contribution >= 0.6 is 0 Å². The molecule has 0 fully saturated rings. The van der Waals surface area contributed by atoms with E-state index < -0.39 is 4.92 Å². The molecule has 2 aromatic heterocycles. The quantitative estimate of drug-likeness (QED) is 0.656. The van der Waals surface area contributed by atoms with Gasteiger partial charge in [-0.3, -0.25) is 10.1 Å². The summed E-state index contributed by atoms with van der Waals surface area (Å²) < 4.78 is 5.08. The summed E-state index contributed by atoms with van der Waals surface area (Å²) in [5, 5.41) is 14.1. The summed E-state index contributed by atoms with van der Waals surface area (Å²) in [5.74, 6) is 0.720. The Hall–Kier alpha value is -2.77. The molecule has 0 aliphatic heterocycles. The van der Waals surface area contributed by atoms with Crippen molar-refractivity contribution in [2.75, 3.05) is 19.0 Å². The Morgan fingerprint density at radius 3 is 2.70 bits per heavy atom. The van der Waals surface area contributed by atoms with Gasteiger partial charge in [0.25, 0.3) is 5.69 Å². The van der Waals surface area contributed by atoms with Gasteiger partial charge in [-0.2, -0.15) is 0 Å². The molecular formula is C12H13N5O3. The lowest BCUT2D eigenvalue weighted by Gasteiger charge is -2.08. The van der Waals surface area contributed by atoms with Crippen molar-refractivity contribution >= 4 is 11.5 Å². The summed E-state index contributed by atoms with van der Waals surface area (Å²) in [4.78, 5) is 22.9. The fourth-order valence-electron chi connectivity index (χ4n) is 1.69.